The first-order valence-corrected chi connectivity index (χ1v) is 4.68. The molecule has 1 rings (SSSR count). The average Bonchev–Trinajstić information content (AvgIpc) is 2.26. The van der Waals surface area contributed by atoms with Gasteiger partial charge in [-0.15, -0.1) is 0 Å². The van der Waals surface area contributed by atoms with E-state index in [9.17, 15) is 4.79 Å². The Labute approximate surface area is 93.3 Å². The standard InChI is InChI=1S/C11H11ClO3/c1-3-6-15-10-5-4-8(12)7-9(10)11(13)14-2/h3-5,7H,1,6H2,2H3. The Morgan fingerprint density at radius 2 is 2.33 bits per heavy atom. The molecule has 15 heavy (non-hydrogen) atoms. The van der Waals surface area contributed by atoms with Crippen LogP contribution in [0.2, 0.25) is 5.02 Å². The minimum Gasteiger partial charge on any atom is -0.489 e. The van der Waals surface area contributed by atoms with Gasteiger partial charge in [0.25, 0.3) is 0 Å². The van der Waals surface area contributed by atoms with Crippen molar-refractivity contribution in [3.8, 4) is 5.75 Å². The van der Waals surface area contributed by atoms with E-state index in [1.165, 1.54) is 13.2 Å². The molecule has 0 aromatic heterocycles. The van der Waals surface area contributed by atoms with Gasteiger partial charge in [-0.2, -0.15) is 0 Å². The van der Waals surface area contributed by atoms with Crippen LogP contribution in [0.15, 0.2) is 30.9 Å². The normalized spacial score (nSPS) is 9.47. The molecule has 0 spiro atoms. The monoisotopic (exact) mass is 226 g/mol. The fourth-order valence-corrected chi connectivity index (χ4v) is 1.22. The molecule has 0 radical (unpaired) electrons. The van der Waals surface area contributed by atoms with E-state index in [0.29, 0.717) is 22.9 Å². The van der Waals surface area contributed by atoms with E-state index >= 15 is 0 Å². The van der Waals surface area contributed by atoms with Gasteiger partial charge in [0.15, 0.2) is 0 Å². The van der Waals surface area contributed by atoms with Gasteiger partial charge >= 0.3 is 5.97 Å². The van der Waals surface area contributed by atoms with Gasteiger partial charge in [-0.05, 0) is 18.2 Å². The summed E-state index contributed by atoms with van der Waals surface area (Å²) in [7, 11) is 1.31. The number of benzene rings is 1. The summed E-state index contributed by atoms with van der Waals surface area (Å²) in [5, 5.41) is 0.460. The molecule has 0 bridgehead atoms. The third kappa shape index (κ3) is 2.99. The highest BCUT2D eigenvalue weighted by molar-refractivity contribution is 6.31. The van der Waals surface area contributed by atoms with Crippen molar-refractivity contribution in [2.24, 2.45) is 0 Å². The lowest BCUT2D eigenvalue weighted by Crippen LogP contribution is -2.05. The van der Waals surface area contributed by atoms with Gasteiger partial charge in [-0.3, -0.25) is 0 Å². The van der Waals surface area contributed by atoms with Crippen molar-refractivity contribution in [3.63, 3.8) is 0 Å². The van der Waals surface area contributed by atoms with E-state index in [0.717, 1.165) is 0 Å². The van der Waals surface area contributed by atoms with Gasteiger partial charge in [-0.1, -0.05) is 24.3 Å². The number of halogens is 1. The maximum Gasteiger partial charge on any atom is 0.341 e. The quantitative estimate of drug-likeness (QED) is 0.585. The molecule has 0 atom stereocenters. The smallest absolute Gasteiger partial charge is 0.341 e. The Morgan fingerprint density at radius 1 is 1.60 bits per heavy atom. The van der Waals surface area contributed by atoms with Gasteiger partial charge in [0.05, 0.1) is 7.11 Å². The van der Waals surface area contributed by atoms with Crippen LogP contribution in [0.25, 0.3) is 0 Å². The molecule has 0 N–H and O–H groups in total. The first kappa shape index (κ1) is 11.6. The van der Waals surface area contributed by atoms with E-state index in [-0.39, 0.29) is 0 Å². The predicted molar refractivity (Wildman–Crippen MR) is 58.5 cm³/mol. The Kier molecular flexibility index (Phi) is 4.18. The molecule has 0 aliphatic carbocycles. The maximum absolute atomic E-state index is 11.4. The number of rotatable bonds is 4. The summed E-state index contributed by atoms with van der Waals surface area (Å²) >= 11 is 5.77. The number of carbonyl (C=O) groups excluding carboxylic acids is 1. The molecule has 3 nitrogen and oxygen atoms in total. The molecule has 0 saturated carbocycles. The van der Waals surface area contributed by atoms with Gasteiger partial charge in [-0.25, -0.2) is 4.79 Å². The highest BCUT2D eigenvalue weighted by atomic mass is 35.5. The topological polar surface area (TPSA) is 35.5 Å². The van der Waals surface area contributed by atoms with Crippen molar-refractivity contribution in [1.82, 2.24) is 0 Å². The fourth-order valence-electron chi connectivity index (χ4n) is 1.05. The number of methoxy groups -OCH3 is 1. The van der Waals surface area contributed by atoms with Crippen LogP contribution >= 0.6 is 11.6 Å². The van der Waals surface area contributed by atoms with Crippen LogP contribution in [0, 0.1) is 0 Å². The van der Waals surface area contributed by atoms with Crippen molar-refractivity contribution in [3.05, 3.63) is 41.4 Å². The molecule has 1 aromatic carbocycles. The van der Waals surface area contributed by atoms with Crippen LogP contribution in [0.4, 0.5) is 0 Å². The van der Waals surface area contributed by atoms with E-state index in [4.69, 9.17) is 16.3 Å². The van der Waals surface area contributed by atoms with E-state index in [2.05, 4.69) is 11.3 Å². The number of hydrogen-bond donors (Lipinski definition) is 0. The number of carbonyl (C=O) groups is 1. The first-order chi connectivity index (χ1) is 7.19. The molecular formula is C11H11ClO3. The summed E-state index contributed by atoms with van der Waals surface area (Å²) in [6.45, 7) is 3.85. The molecule has 0 saturated heterocycles. The third-order valence-corrected chi connectivity index (χ3v) is 1.94. The third-order valence-electron chi connectivity index (χ3n) is 1.70. The molecule has 0 fully saturated rings. The van der Waals surface area contributed by atoms with Crippen LogP contribution in [0.1, 0.15) is 10.4 Å². The summed E-state index contributed by atoms with van der Waals surface area (Å²) in [5.74, 6) is -0.0392. The Morgan fingerprint density at radius 3 is 2.93 bits per heavy atom. The molecule has 0 heterocycles. The van der Waals surface area contributed by atoms with Gasteiger partial charge in [0.1, 0.15) is 17.9 Å². The van der Waals surface area contributed by atoms with Crippen LogP contribution in [-0.2, 0) is 4.74 Å². The summed E-state index contributed by atoms with van der Waals surface area (Å²) in [5.41, 5.74) is 0.312. The fraction of sp³-hybridized carbons (Fsp3) is 0.182. The minimum atomic E-state index is -0.475. The van der Waals surface area contributed by atoms with E-state index in [1.807, 2.05) is 0 Å². The molecule has 0 unspecified atom stereocenters. The predicted octanol–water partition coefficient (Wildman–Crippen LogP) is 2.69. The molecule has 0 amide bonds. The molecular weight excluding hydrogens is 216 g/mol. The van der Waals surface area contributed by atoms with Crippen molar-refractivity contribution in [2.45, 2.75) is 0 Å². The average molecular weight is 227 g/mol. The minimum absolute atomic E-state index is 0.312. The van der Waals surface area contributed by atoms with Crippen LogP contribution < -0.4 is 4.74 Å². The van der Waals surface area contributed by atoms with Crippen molar-refractivity contribution >= 4 is 17.6 Å². The van der Waals surface area contributed by atoms with Crippen molar-refractivity contribution in [2.75, 3.05) is 13.7 Å². The number of ether oxygens (including phenoxy) is 2. The highest BCUT2D eigenvalue weighted by Crippen LogP contribution is 2.23. The van der Waals surface area contributed by atoms with Crippen LogP contribution in [-0.4, -0.2) is 19.7 Å². The zero-order chi connectivity index (χ0) is 11.3. The summed E-state index contributed by atoms with van der Waals surface area (Å²) in [6, 6.07) is 4.77. The lowest BCUT2D eigenvalue weighted by molar-refractivity contribution is 0.0596. The summed E-state index contributed by atoms with van der Waals surface area (Å²) in [6.07, 6.45) is 1.59. The number of hydrogen-bond acceptors (Lipinski definition) is 3. The van der Waals surface area contributed by atoms with E-state index in [1.54, 1.807) is 18.2 Å². The SMILES string of the molecule is C=CCOc1ccc(Cl)cc1C(=O)OC. The van der Waals surface area contributed by atoms with Crippen molar-refractivity contribution in [1.29, 1.82) is 0 Å². The van der Waals surface area contributed by atoms with Crippen molar-refractivity contribution < 1.29 is 14.3 Å². The largest absolute Gasteiger partial charge is 0.489 e. The number of esters is 1. The molecule has 80 valence electrons. The van der Waals surface area contributed by atoms with Crippen LogP contribution in [0.5, 0.6) is 5.75 Å². The first-order valence-electron chi connectivity index (χ1n) is 4.30. The second-order valence-electron chi connectivity index (χ2n) is 2.73. The molecule has 1 aromatic rings. The molecule has 0 aliphatic rings. The second-order valence-corrected chi connectivity index (χ2v) is 3.17. The van der Waals surface area contributed by atoms with Crippen LogP contribution in [0.3, 0.4) is 0 Å². The Bertz CT molecular complexity index is 374. The lowest BCUT2D eigenvalue weighted by atomic mass is 10.2. The maximum atomic E-state index is 11.4. The highest BCUT2D eigenvalue weighted by Gasteiger charge is 2.13. The molecule has 4 heteroatoms. The Hall–Kier alpha value is -1.48. The Balaban J connectivity index is 3.02. The van der Waals surface area contributed by atoms with Gasteiger partial charge < -0.3 is 9.47 Å². The zero-order valence-electron chi connectivity index (χ0n) is 8.33. The van der Waals surface area contributed by atoms with E-state index < -0.39 is 5.97 Å². The van der Waals surface area contributed by atoms with Gasteiger partial charge in [0.2, 0.25) is 0 Å². The lowest BCUT2D eigenvalue weighted by Gasteiger charge is -2.08. The summed E-state index contributed by atoms with van der Waals surface area (Å²) in [4.78, 5) is 11.4. The molecule has 0 aliphatic heterocycles. The second kappa shape index (κ2) is 5.41. The summed E-state index contributed by atoms with van der Waals surface area (Å²) < 4.78 is 9.90. The van der Waals surface area contributed by atoms with Gasteiger partial charge in [0, 0.05) is 5.02 Å². The zero-order valence-corrected chi connectivity index (χ0v) is 9.08.